The van der Waals surface area contributed by atoms with E-state index in [0.717, 1.165) is 19.5 Å². The van der Waals surface area contributed by atoms with Gasteiger partial charge in [-0.3, -0.25) is 9.69 Å². The fourth-order valence-electron chi connectivity index (χ4n) is 2.88. The highest BCUT2D eigenvalue weighted by Gasteiger charge is 2.24. The third kappa shape index (κ3) is 5.06. The number of hydrazone groups is 1. The molecule has 0 saturated carbocycles. The van der Waals surface area contributed by atoms with Crippen LogP contribution in [0.15, 0.2) is 40.1 Å². The number of carbonyl (C=O) groups is 1. The Labute approximate surface area is 173 Å². The Bertz CT molecular complexity index is 977. The van der Waals surface area contributed by atoms with Crippen LogP contribution in [0.3, 0.4) is 0 Å². The maximum Gasteiger partial charge on any atom is 0.293 e. The van der Waals surface area contributed by atoms with E-state index in [1.165, 1.54) is 10.2 Å². The van der Waals surface area contributed by atoms with Gasteiger partial charge >= 0.3 is 0 Å². The number of aryl methyl sites for hydroxylation is 1. The van der Waals surface area contributed by atoms with Gasteiger partial charge in [0.2, 0.25) is 11.6 Å². The van der Waals surface area contributed by atoms with E-state index in [1.807, 2.05) is 32.0 Å². The van der Waals surface area contributed by atoms with E-state index in [1.54, 1.807) is 6.21 Å². The van der Waals surface area contributed by atoms with Crippen molar-refractivity contribution in [2.75, 3.05) is 18.8 Å². The summed E-state index contributed by atoms with van der Waals surface area (Å²) in [6.45, 7) is 6.05. The van der Waals surface area contributed by atoms with E-state index < -0.39 is 5.91 Å². The van der Waals surface area contributed by atoms with Crippen LogP contribution in [-0.4, -0.2) is 55.4 Å². The summed E-state index contributed by atoms with van der Waals surface area (Å²) in [7, 11) is 0. The van der Waals surface area contributed by atoms with Gasteiger partial charge in [0, 0.05) is 12.8 Å². The number of hydrogen-bond acceptors (Lipinski definition) is 9. The van der Waals surface area contributed by atoms with Crippen LogP contribution in [0, 0.1) is 0 Å². The Morgan fingerprint density at radius 2 is 2.03 bits per heavy atom. The van der Waals surface area contributed by atoms with Crippen LogP contribution in [0.1, 0.15) is 42.0 Å². The summed E-state index contributed by atoms with van der Waals surface area (Å²) in [4.78, 5) is 14.8. The second-order valence-electron chi connectivity index (χ2n) is 6.51. The summed E-state index contributed by atoms with van der Waals surface area (Å²) in [6, 6.07) is 10.1. The number of nitrogens with two attached hydrogens (primary N) is 1. The summed E-state index contributed by atoms with van der Waals surface area (Å²) in [5.74, 6) is -0.212. The zero-order valence-corrected chi connectivity index (χ0v) is 17.0. The number of nitrogens with one attached hydrogen (secondary N) is 1. The number of hydrogen-bond donors (Lipinski definition) is 2. The summed E-state index contributed by atoms with van der Waals surface area (Å²) in [6.07, 6.45) is 3.20. The van der Waals surface area contributed by atoms with Gasteiger partial charge < -0.3 is 5.73 Å². The minimum absolute atomic E-state index is 0.0617. The lowest BCUT2D eigenvalue weighted by Gasteiger charge is -2.18. The fourth-order valence-corrected chi connectivity index (χ4v) is 2.88. The first kappa shape index (κ1) is 21.1. The minimum atomic E-state index is -0.464. The van der Waals surface area contributed by atoms with E-state index in [2.05, 4.69) is 52.8 Å². The average Bonchev–Trinajstić information content (AvgIpc) is 3.37. The van der Waals surface area contributed by atoms with Gasteiger partial charge in [0.15, 0.2) is 5.69 Å². The van der Waals surface area contributed by atoms with Crippen molar-refractivity contribution in [3.05, 3.63) is 47.3 Å². The van der Waals surface area contributed by atoms with E-state index in [9.17, 15) is 4.79 Å². The molecule has 30 heavy (non-hydrogen) atoms. The molecule has 11 nitrogen and oxygen atoms in total. The molecule has 0 fully saturated rings. The molecule has 11 heteroatoms. The van der Waals surface area contributed by atoms with Crippen LogP contribution in [0.4, 0.5) is 5.82 Å². The topological polar surface area (TPSA) is 140 Å². The van der Waals surface area contributed by atoms with Crippen LogP contribution >= 0.6 is 0 Å². The van der Waals surface area contributed by atoms with Crippen molar-refractivity contribution in [1.29, 1.82) is 0 Å². The van der Waals surface area contributed by atoms with Crippen LogP contribution in [0.25, 0.3) is 5.82 Å². The number of anilines is 1. The molecule has 1 aromatic carbocycles. The van der Waals surface area contributed by atoms with Crippen molar-refractivity contribution in [3.63, 3.8) is 0 Å². The van der Waals surface area contributed by atoms with Crippen LogP contribution in [0.5, 0.6) is 0 Å². The summed E-state index contributed by atoms with van der Waals surface area (Å²) < 4.78 is 6.03. The van der Waals surface area contributed by atoms with Gasteiger partial charge in [0.05, 0.1) is 5.69 Å². The molecule has 3 aromatic rings. The van der Waals surface area contributed by atoms with Gasteiger partial charge in [-0.15, -0.1) is 5.10 Å². The first-order valence-corrected chi connectivity index (χ1v) is 9.75. The SMILES string of the molecule is CCN(CC)Cc1c(C(=O)N/N=C/CCc2ccccc2)nnn1-c1nonc1N. The molecule has 0 spiro atoms. The van der Waals surface area contributed by atoms with Crippen molar-refractivity contribution in [2.24, 2.45) is 5.10 Å². The molecule has 0 aliphatic rings. The predicted molar refractivity (Wildman–Crippen MR) is 111 cm³/mol. The molecule has 3 N–H and O–H groups in total. The van der Waals surface area contributed by atoms with E-state index in [-0.39, 0.29) is 17.3 Å². The van der Waals surface area contributed by atoms with E-state index >= 15 is 0 Å². The first-order valence-electron chi connectivity index (χ1n) is 9.75. The van der Waals surface area contributed by atoms with Crippen molar-refractivity contribution < 1.29 is 9.42 Å². The van der Waals surface area contributed by atoms with Crippen LogP contribution < -0.4 is 11.2 Å². The summed E-state index contributed by atoms with van der Waals surface area (Å²) >= 11 is 0. The smallest absolute Gasteiger partial charge is 0.293 e. The zero-order valence-electron chi connectivity index (χ0n) is 17.0. The molecular weight excluding hydrogens is 386 g/mol. The number of amides is 1. The van der Waals surface area contributed by atoms with Crippen molar-refractivity contribution in [2.45, 2.75) is 33.2 Å². The van der Waals surface area contributed by atoms with Crippen molar-refractivity contribution in [3.8, 4) is 5.82 Å². The normalized spacial score (nSPS) is 11.4. The zero-order chi connectivity index (χ0) is 21.3. The number of carbonyl (C=O) groups excluding carboxylic acids is 1. The molecular formula is C19H25N9O2. The Kier molecular flexibility index (Phi) is 7.22. The van der Waals surface area contributed by atoms with Gasteiger partial charge in [-0.05, 0) is 41.8 Å². The van der Waals surface area contributed by atoms with Gasteiger partial charge in [0.25, 0.3) is 5.91 Å². The predicted octanol–water partition coefficient (Wildman–Crippen LogP) is 1.42. The van der Waals surface area contributed by atoms with Crippen molar-refractivity contribution in [1.82, 2.24) is 35.6 Å². The third-order valence-electron chi connectivity index (χ3n) is 4.60. The third-order valence-corrected chi connectivity index (χ3v) is 4.60. The number of rotatable bonds is 10. The lowest BCUT2D eigenvalue weighted by Crippen LogP contribution is -2.27. The van der Waals surface area contributed by atoms with Crippen LogP contribution in [-0.2, 0) is 13.0 Å². The largest absolute Gasteiger partial charge is 0.378 e. The number of aromatic nitrogens is 5. The molecule has 0 aliphatic carbocycles. The maximum atomic E-state index is 12.7. The molecule has 2 heterocycles. The lowest BCUT2D eigenvalue weighted by molar-refractivity contribution is 0.0947. The number of nitrogen functional groups attached to an aromatic ring is 1. The molecule has 1 amide bonds. The molecule has 0 unspecified atom stereocenters. The Hall–Kier alpha value is -3.60. The molecule has 0 atom stereocenters. The molecule has 158 valence electrons. The van der Waals surface area contributed by atoms with Gasteiger partial charge in [-0.25, -0.2) is 10.1 Å². The average molecular weight is 411 g/mol. The Balaban J connectivity index is 1.72. The molecule has 0 aliphatic heterocycles. The monoisotopic (exact) mass is 411 g/mol. The quantitative estimate of drug-likeness (QED) is 0.377. The minimum Gasteiger partial charge on any atom is -0.378 e. The second kappa shape index (κ2) is 10.3. The van der Waals surface area contributed by atoms with Gasteiger partial charge in [-0.2, -0.15) is 9.78 Å². The highest BCUT2D eigenvalue weighted by atomic mass is 16.6. The van der Waals surface area contributed by atoms with Gasteiger partial charge in [-0.1, -0.05) is 49.4 Å². The fraction of sp³-hybridized carbons (Fsp3) is 0.368. The lowest BCUT2D eigenvalue weighted by atomic mass is 10.1. The standard InChI is InChI=1S/C19H25N9O2/c1-3-27(4-2)13-15-16(22-26-28(15)18-17(20)24-30-25-18)19(29)23-21-12-8-11-14-9-6-5-7-10-14/h5-7,9-10,12H,3-4,8,11,13H2,1-2H3,(H2,20,24)(H,23,29)/b21-12+. The second-order valence-corrected chi connectivity index (χ2v) is 6.51. The molecule has 0 radical (unpaired) electrons. The van der Waals surface area contributed by atoms with E-state index in [0.29, 0.717) is 18.7 Å². The molecule has 0 bridgehead atoms. The maximum absolute atomic E-state index is 12.7. The summed E-state index contributed by atoms with van der Waals surface area (Å²) in [5, 5.41) is 19.4. The molecule has 0 saturated heterocycles. The first-order chi connectivity index (χ1) is 14.6. The van der Waals surface area contributed by atoms with Gasteiger partial charge in [0.1, 0.15) is 0 Å². The number of nitrogens with zero attached hydrogens (tertiary/aromatic N) is 7. The highest BCUT2D eigenvalue weighted by molar-refractivity contribution is 5.93. The van der Waals surface area contributed by atoms with E-state index in [4.69, 9.17) is 5.73 Å². The van der Waals surface area contributed by atoms with Crippen LogP contribution in [0.2, 0.25) is 0 Å². The molecule has 2 aromatic heterocycles. The Morgan fingerprint density at radius 1 is 1.27 bits per heavy atom. The highest BCUT2D eigenvalue weighted by Crippen LogP contribution is 2.17. The Morgan fingerprint density at radius 3 is 2.70 bits per heavy atom. The van der Waals surface area contributed by atoms with Crippen molar-refractivity contribution >= 4 is 17.9 Å². The number of benzene rings is 1. The summed E-state index contributed by atoms with van der Waals surface area (Å²) in [5.41, 5.74) is 10.2. The molecule has 3 rings (SSSR count).